The van der Waals surface area contributed by atoms with E-state index in [4.69, 9.17) is 10.2 Å². The summed E-state index contributed by atoms with van der Waals surface area (Å²) in [6.07, 6.45) is 0. The van der Waals surface area contributed by atoms with Crippen molar-refractivity contribution in [1.29, 1.82) is 0 Å². The van der Waals surface area contributed by atoms with Crippen molar-refractivity contribution in [2.24, 2.45) is 5.73 Å². The average Bonchev–Trinajstić information content (AvgIpc) is 2.97. The molecule has 5 heteroatoms. The van der Waals surface area contributed by atoms with Crippen LogP contribution in [0.15, 0.2) is 28.0 Å². The normalized spacial score (nSPS) is 14.1. The molecule has 0 saturated heterocycles. The van der Waals surface area contributed by atoms with Gasteiger partial charge in [-0.25, -0.2) is 0 Å². The zero-order valence-electron chi connectivity index (χ0n) is 11.3. The fraction of sp³-hybridized carbons (Fsp3) is 0.357. The van der Waals surface area contributed by atoms with E-state index < -0.39 is 6.04 Å². The van der Waals surface area contributed by atoms with Crippen LogP contribution in [0.4, 0.5) is 0 Å². The van der Waals surface area contributed by atoms with Crippen molar-refractivity contribution in [3.63, 3.8) is 0 Å². The summed E-state index contributed by atoms with van der Waals surface area (Å²) < 4.78 is 5.47. The highest BCUT2D eigenvalue weighted by Gasteiger charge is 2.21. The molecule has 0 aliphatic carbocycles. The number of carbonyl (C=O) groups excluding carboxylic acids is 1. The summed E-state index contributed by atoms with van der Waals surface area (Å²) in [5.74, 6) is 1.50. The van der Waals surface area contributed by atoms with Gasteiger partial charge in [0.15, 0.2) is 0 Å². The maximum absolute atomic E-state index is 12.1. The molecule has 2 aromatic heterocycles. The Kier molecular flexibility index (Phi) is 4.07. The number of nitrogens with one attached hydrogen (secondary N) is 1. The number of furan rings is 1. The van der Waals surface area contributed by atoms with Crippen LogP contribution < -0.4 is 11.1 Å². The Bertz CT molecular complexity index is 560. The SMILES string of the molecule is Cc1cc(C(C)NC(=O)C(N)c2cccs2)c(C)o1. The Morgan fingerprint density at radius 3 is 2.74 bits per heavy atom. The van der Waals surface area contributed by atoms with Crippen LogP contribution in [0.25, 0.3) is 0 Å². The second-order valence-electron chi connectivity index (χ2n) is 4.59. The monoisotopic (exact) mass is 278 g/mol. The zero-order valence-corrected chi connectivity index (χ0v) is 12.1. The third-order valence-corrected chi connectivity index (χ3v) is 3.99. The maximum Gasteiger partial charge on any atom is 0.242 e. The van der Waals surface area contributed by atoms with Crippen molar-refractivity contribution in [3.05, 3.63) is 45.5 Å². The van der Waals surface area contributed by atoms with Crippen molar-refractivity contribution in [2.75, 3.05) is 0 Å². The van der Waals surface area contributed by atoms with Gasteiger partial charge < -0.3 is 15.5 Å². The molecule has 0 fully saturated rings. The zero-order chi connectivity index (χ0) is 14.0. The van der Waals surface area contributed by atoms with E-state index in [1.807, 2.05) is 44.4 Å². The van der Waals surface area contributed by atoms with Gasteiger partial charge in [0, 0.05) is 10.4 Å². The van der Waals surface area contributed by atoms with E-state index in [2.05, 4.69) is 5.32 Å². The molecule has 3 N–H and O–H groups in total. The summed E-state index contributed by atoms with van der Waals surface area (Å²) >= 11 is 1.49. The predicted octanol–water partition coefficient (Wildman–Crippen LogP) is 2.84. The molecule has 0 bridgehead atoms. The Labute approximate surface area is 116 Å². The standard InChI is InChI=1S/C14H18N2O2S/c1-8-7-11(10(3)18-8)9(2)16-14(17)13(15)12-5-4-6-19-12/h4-7,9,13H,15H2,1-3H3,(H,16,17). The molecular weight excluding hydrogens is 260 g/mol. The van der Waals surface area contributed by atoms with Gasteiger partial charge in [-0.2, -0.15) is 0 Å². The summed E-state index contributed by atoms with van der Waals surface area (Å²) in [7, 11) is 0. The first-order valence-corrected chi connectivity index (χ1v) is 7.03. The van der Waals surface area contributed by atoms with E-state index in [9.17, 15) is 4.79 Å². The van der Waals surface area contributed by atoms with Crippen molar-refractivity contribution in [3.8, 4) is 0 Å². The highest BCUT2D eigenvalue weighted by atomic mass is 32.1. The van der Waals surface area contributed by atoms with E-state index in [1.54, 1.807) is 0 Å². The van der Waals surface area contributed by atoms with E-state index in [0.29, 0.717) is 0 Å². The lowest BCUT2D eigenvalue weighted by molar-refractivity contribution is -0.123. The summed E-state index contributed by atoms with van der Waals surface area (Å²) in [6, 6.07) is 4.97. The molecule has 0 aliphatic heterocycles. The number of nitrogens with two attached hydrogens (primary N) is 1. The minimum absolute atomic E-state index is 0.115. The van der Waals surface area contributed by atoms with E-state index in [-0.39, 0.29) is 11.9 Å². The molecule has 1 amide bonds. The van der Waals surface area contributed by atoms with Crippen LogP contribution in [0, 0.1) is 13.8 Å². The summed E-state index contributed by atoms with van der Waals surface area (Å²) in [4.78, 5) is 12.9. The molecule has 2 unspecified atom stereocenters. The van der Waals surface area contributed by atoms with Crippen LogP contribution in [0.2, 0.25) is 0 Å². The highest BCUT2D eigenvalue weighted by Crippen LogP contribution is 2.23. The Morgan fingerprint density at radius 1 is 1.47 bits per heavy atom. The number of rotatable bonds is 4. The quantitative estimate of drug-likeness (QED) is 0.903. The molecule has 0 saturated carbocycles. The predicted molar refractivity (Wildman–Crippen MR) is 76.0 cm³/mol. The van der Waals surface area contributed by atoms with Gasteiger partial charge in [-0.05, 0) is 38.3 Å². The minimum Gasteiger partial charge on any atom is -0.466 e. The average molecular weight is 278 g/mol. The molecule has 2 atom stereocenters. The molecule has 0 aromatic carbocycles. The van der Waals surface area contributed by atoms with Gasteiger partial charge in [-0.15, -0.1) is 11.3 Å². The minimum atomic E-state index is -0.615. The summed E-state index contributed by atoms with van der Waals surface area (Å²) in [5.41, 5.74) is 6.92. The first-order valence-electron chi connectivity index (χ1n) is 6.15. The third-order valence-electron chi connectivity index (χ3n) is 3.04. The molecule has 4 nitrogen and oxygen atoms in total. The van der Waals surface area contributed by atoms with Crippen LogP contribution in [0.5, 0.6) is 0 Å². The van der Waals surface area contributed by atoms with E-state index in [1.165, 1.54) is 11.3 Å². The second-order valence-corrected chi connectivity index (χ2v) is 5.57. The van der Waals surface area contributed by atoms with E-state index >= 15 is 0 Å². The molecule has 102 valence electrons. The lowest BCUT2D eigenvalue weighted by atomic mass is 10.1. The molecule has 0 aliphatic rings. The highest BCUT2D eigenvalue weighted by molar-refractivity contribution is 7.10. The molecule has 0 radical (unpaired) electrons. The van der Waals surface area contributed by atoms with Crippen molar-refractivity contribution >= 4 is 17.2 Å². The van der Waals surface area contributed by atoms with Crippen LogP contribution in [-0.2, 0) is 4.79 Å². The lowest BCUT2D eigenvalue weighted by Gasteiger charge is -2.16. The molecule has 2 heterocycles. The van der Waals surface area contributed by atoms with Crippen LogP contribution >= 0.6 is 11.3 Å². The van der Waals surface area contributed by atoms with E-state index in [0.717, 1.165) is 22.0 Å². The van der Waals surface area contributed by atoms with Crippen LogP contribution in [-0.4, -0.2) is 5.91 Å². The first kappa shape index (κ1) is 13.8. The second kappa shape index (κ2) is 5.59. The number of hydrogen-bond donors (Lipinski definition) is 2. The third kappa shape index (κ3) is 3.05. The number of amides is 1. The van der Waals surface area contributed by atoms with Gasteiger partial charge in [0.05, 0.1) is 6.04 Å². The maximum atomic E-state index is 12.1. The molecule has 19 heavy (non-hydrogen) atoms. The van der Waals surface area contributed by atoms with Gasteiger partial charge in [-0.1, -0.05) is 6.07 Å². The van der Waals surface area contributed by atoms with Crippen molar-refractivity contribution in [1.82, 2.24) is 5.32 Å². The number of hydrogen-bond acceptors (Lipinski definition) is 4. The molecule has 2 rings (SSSR count). The van der Waals surface area contributed by atoms with Crippen molar-refractivity contribution in [2.45, 2.75) is 32.9 Å². The number of thiophene rings is 1. The van der Waals surface area contributed by atoms with Gasteiger partial charge >= 0.3 is 0 Å². The van der Waals surface area contributed by atoms with Gasteiger partial charge in [0.2, 0.25) is 5.91 Å². The molecular formula is C14H18N2O2S. The summed E-state index contributed by atoms with van der Waals surface area (Å²) in [5, 5.41) is 4.83. The van der Waals surface area contributed by atoms with Gasteiger partial charge in [0.1, 0.15) is 17.6 Å². The fourth-order valence-corrected chi connectivity index (χ4v) is 2.78. The first-order chi connectivity index (χ1) is 8.99. The number of carbonyl (C=O) groups is 1. The Hall–Kier alpha value is -1.59. The summed E-state index contributed by atoms with van der Waals surface area (Å²) in [6.45, 7) is 5.71. The van der Waals surface area contributed by atoms with Crippen molar-refractivity contribution < 1.29 is 9.21 Å². The topological polar surface area (TPSA) is 68.3 Å². The smallest absolute Gasteiger partial charge is 0.242 e. The molecule has 0 spiro atoms. The Balaban J connectivity index is 2.05. The number of aryl methyl sites for hydroxylation is 2. The lowest BCUT2D eigenvalue weighted by Crippen LogP contribution is -2.35. The van der Waals surface area contributed by atoms with Crippen LogP contribution in [0.1, 0.15) is 41.0 Å². The fourth-order valence-electron chi connectivity index (χ4n) is 2.06. The van der Waals surface area contributed by atoms with Crippen LogP contribution in [0.3, 0.4) is 0 Å². The van der Waals surface area contributed by atoms with Gasteiger partial charge in [0.25, 0.3) is 0 Å². The molecule has 2 aromatic rings. The largest absolute Gasteiger partial charge is 0.466 e. The van der Waals surface area contributed by atoms with Gasteiger partial charge in [-0.3, -0.25) is 4.79 Å². The Morgan fingerprint density at radius 2 is 2.21 bits per heavy atom.